The summed E-state index contributed by atoms with van der Waals surface area (Å²) in [5, 5.41) is 11.6. The molecule has 2 N–H and O–H groups in total. The van der Waals surface area contributed by atoms with Crippen LogP contribution in [-0.2, 0) is 9.59 Å². The summed E-state index contributed by atoms with van der Waals surface area (Å²) in [6.45, 7) is -1.38. The van der Waals surface area contributed by atoms with Gasteiger partial charge in [-0.15, -0.1) is 0 Å². The van der Waals surface area contributed by atoms with Crippen molar-refractivity contribution < 1.29 is 33.0 Å². The molecule has 0 aliphatic carbocycles. The van der Waals surface area contributed by atoms with Gasteiger partial charge in [-0.3, -0.25) is 14.4 Å². The zero-order valence-electron chi connectivity index (χ0n) is 14.2. The van der Waals surface area contributed by atoms with Crippen molar-refractivity contribution >= 4 is 17.8 Å². The third-order valence-electron chi connectivity index (χ3n) is 4.37. The molecule has 0 aromatic heterocycles. The lowest BCUT2D eigenvalue weighted by atomic mass is 9.90. The minimum absolute atomic E-state index is 0.115. The summed E-state index contributed by atoms with van der Waals surface area (Å²) in [7, 11) is 0. The first-order chi connectivity index (χ1) is 12.3. The van der Waals surface area contributed by atoms with Crippen molar-refractivity contribution in [3.8, 4) is 5.75 Å². The average molecular weight is 370 g/mol. The van der Waals surface area contributed by atoms with Crippen molar-refractivity contribution in [3.05, 3.63) is 29.8 Å². The van der Waals surface area contributed by atoms with Crippen LogP contribution < -0.4 is 10.1 Å². The second-order valence-electron chi connectivity index (χ2n) is 5.97. The number of benzene rings is 1. The minimum atomic E-state index is -3.08. The van der Waals surface area contributed by atoms with Gasteiger partial charge in [-0.2, -0.15) is 8.78 Å². The number of nitrogens with one attached hydrogen (secondary N) is 1. The van der Waals surface area contributed by atoms with E-state index in [9.17, 15) is 28.3 Å². The molecule has 1 heterocycles. The molecule has 1 saturated heterocycles. The quantitative estimate of drug-likeness (QED) is 0.795. The Morgan fingerprint density at radius 1 is 1.35 bits per heavy atom. The number of ether oxygens (including phenoxy) is 1. The van der Waals surface area contributed by atoms with Gasteiger partial charge in [0.15, 0.2) is 0 Å². The van der Waals surface area contributed by atoms with Crippen molar-refractivity contribution in [2.75, 3.05) is 13.1 Å². The Kier molecular flexibility index (Phi) is 6.48. The van der Waals surface area contributed by atoms with Gasteiger partial charge >= 0.3 is 12.6 Å². The first-order valence-electron chi connectivity index (χ1n) is 8.15. The number of likely N-dealkylation sites (tertiary alicyclic amines) is 1. The van der Waals surface area contributed by atoms with Gasteiger partial charge < -0.3 is 20.1 Å². The number of hydrogen-bond donors (Lipinski definition) is 2. The number of carbonyl (C=O) groups excluding carboxylic acids is 2. The number of hydrogen-bond acceptors (Lipinski definition) is 4. The lowest BCUT2D eigenvalue weighted by Crippen LogP contribution is -2.51. The molecular weight excluding hydrogens is 350 g/mol. The number of rotatable bonds is 6. The molecule has 0 radical (unpaired) electrons. The normalized spacial score (nSPS) is 19.9. The molecule has 26 heavy (non-hydrogen) atoms. The van der Waals surface area contributed by atoms with Gasteiger partial charge in [0, 0.05) is 12.6 Å². The molecular formula is C17H20F2N2O5. The van der Waals surface area contributed by atoms with Crippen LogP contribution in [0.25, 0.3) is 0 Å². The molecule has 1 aromatic carbocycles. The summed E-state index contributed by atoms with van der Waals surface area (Å²) in [5.74, 6) is -3.05. The maximum absolute atomic E-state index is 12.4. The fourth-order valence-electron chi connectivity index (χ4n) is 3.03. The van der Waals surface area contributed by atoms with Crippen LogP contribution >= 0.6 is 0 Å². The number of piperidine rings is 1. The largest absolute Gasteiger partial charge is 0.481 e. The van der Waals surface area contributed by atoms with Gasteiger partial charge in [-0.1, -0.05) is 12.1 Å². The fraction of sp³-hybridized carbons (Fsp3) is 0.471. The van der Waals surface area contributed by atoms with Crippen LogP contribution in [0, 0.1) is 5.92 Å². The second-order valence-corrected chi connectivity index (χ2v) is 5.97. The number of halogens is 2. The highest BCUT2D eigenvalue weighted by Gasteiger charge is 2.35. The molecule has 1 aliphatic rings. The summed E-state index contributed by atoms with van der Waals surface area (Å²) < 4.78 is 29.1. The van der Waals surface area contributed by atoms with E-state index in [0.717, 1.165) is 0 Å². The topological polar surface area (TPSA) is 95.9 Å². The van der Waals surface area contributed by atoms with Crippen LogP contribution in [0.4, 0.5) is 8.78 Å². The Balaban J connectivity index is 1.99. The standard InChI is InChI=1S/C17H20F2N2O5/c1-10-11(16(24)25)6-4-8-21(10)14(22)9-20-15(23)12-5-2-3-7-13(12)26-17(18)19/h2-3,5,7,10-11,17H,4,6,8-9H2,1H3,(H,20,23)(H,24,25)/t10-,11-/m1/s1. The van der Waals surface area contributed by atoms with Crippen LogP contribution in [0.1, 0.15) is 30.1 Å². The molecule has 7 nitrogen and oxygen atoms in total. The summed E-state index contributed by atoms with van der Waals surface area (Å²) in [5.41, 5.74) is -0.115. The molecule has 1 aromatic rings. The smallest absolute Gasteiger partial charge is 0.387 e. The van der Waals surface area contributed by atoms with E-state index in [1.165, 1.54) is 29.2 Å². The van der Waals surface area contributed by atoms with E-state index in [1.807, 2.05) is 0 Å². The molecule has 0 spiro atoms. The zero-order chi connectivity index (χ0) is 19.3. The van der Waals surface area contributed by atoms with E-state index in [4.69, 9.17) is 0 Å². The van der Waals surface area contributed by atoms with Gasteiger partial charge in [0.2, 0.25) is 5.91 Å². The van der Waals surface area contributed by atoms with Crippen LogP contribution in [0.5, 0.6) is 5.75 Å². The molecule has 2 rings (SSSR count). The van der Waals surface area contributed by atoms with Crippen molar-refractivity contribution in [1.29, 1.82) is 0 Å². The van der Waals surface area contributed by atoms with Gasteiger partial charge in [0.1, 0.15) is 5.75 Å². The van der Waals surface area contributed by atoms with Crippen molar-refractivity contribution in [2.24, 2.45) is 5.92 Å². The van der Waals surface area contributed by atoms with E-state index in [2.05, 4.69) is 10.1 Å². The Labute approximate surface area is 148 Å². The number of carbonyl (C=O) groups is 3. The van der Waals surface area contributed by atoms with Crippen LogP contribution in [0.15, 0.2) is 24.3 Å². The van der Waals surface area contributed by atoms with Crippen molar-refractivity contribution in [2.45, 2.75) is 32.4 Å². The summed E-state index contributed by atoms with van der Waals surface area (Å²) in [4.78, 5) is 37.2. The fourth-order valence-corrected chi connectivity index (χ4v) is 3.03. The Morgan fingerprint density at radius 2 is 2.04 bits per heavy atom. The van der Waals surface area contributed by atoms with Crippen LogP contribution in [0.2, 0.25) is 0 Å². The number of amides is 2. The van der Waals surface area contributed by atoms with Gasteiger partial charge in [0.05, 0.1) is 18.0 Å². The number of aliphatic carboxylic acids is 1. The highest BCUT2D eigenvalue weighted by molar-refractivity contribution is 5.98. The maximum Gasteiger partial charge on any atom is 0.387 e. The Bertz CT molecular complexity index is 683. The molecule has 0 saturated carbocycles. The molecule has 2 atom stereocenters. The predicted molar refractivity (Wildman–Crippen MR) is 86.9 cm³/mol. The number of carboxylic acids is 1. The summed E-state index contributed by atoms with van der Waals surface area (Å²) in [6.07, 6.45) is 1.05. The van der Waals surface area contributed by atoms with E-state index in [0.29, 0.717) is 19.4 Å². The van der Waals surface area contributed by atoms with Crippen LogP contribution in [0.3, 0.4) is 0 Å². The molecule has 1 aliphatic heterocycles. The zero-order valence-corrected chi connectivity index (χ0v) is 14.2. The van der Waals surface area contributed by atoms with E-state index >= 15 is 0 Å². The molecule has 0 unspecified atom stereocenters. The Morgan fingerprint density at radius 3 is 2.69 bits per heavy atom. The van der Waals surface area contributed by atoms with Gasteiger partial charge in [0.25, 0.3) is 5.91 Å². The lowest BCUT2D eigenvalue weighted by Gasteiger charge is -2.37. The number of alkyl halides is 2. The highest BCUT2D eigenvalue weighted by atomic mass is 19.3. The van der Waals surface area contributed by atoms with E-state index in [1.54, 1.807) is 6.92 Å². The molecule has 0 bridgehead atoms. The average Bonchev–Trinajstić information content (AvgIpc) is 2.59. The van der Waals surface area contributed by atoms with Gasteiger partial charge in [-0.05, 0) is 31.9 Å². The summed E-state index contributed by atoms with van der Waals surface area (Å²) in [6, 6.07) is 4.98. The van der Waals surface area contributed by atoms with E-state index in [-0.39, 0.29) is 17.9 Å². The minimum Gasteiger partial charge on any atom is -0.481 e. The molecule has 9 heteroatoms. The number of carboxylic acid groups (broad SMARTS) is 1. The summed E-state index contributed by atoms with van der Waals surface area (Å²) >= 11 is 0. The Hall–Kier alpha value is -2.71. The molecule has 1 fully saturated rings. The number of para-hydroxylation sites is 1. The third-order valence-corrected chi connectivity index (χ3v) is 4.37. The second kappa shape index (κ2) is 8.59. The van der Waals surface area contributed by atoms with E-state index < -0.39 is 36.4 Å². The maximum atomic E-state index is 12.4. The molecule has 2 amide bonds. The monoisotopic (exact) mass is 370 g/mol. The molecule has 142 valence electrons. The number of nitrogens with zero attached hydrogens (tertiary/aromatic N) is 1. The SMILES string of the molecule is C[C@@H]1[C@H](C(=O)O)CCCN1C(=O)CNC(=O)c1ccccc1OC(F)F. The van der Waals surface area contributed by atoms with Crippen molar-refractivity contribution in [1.82, 2.24) is 10.2 Å². The first-order valence-corrected chi connectivity index (χ1v) is 8.15. The lowest BCUT2D eigenvalue weighted by molar-refractivity contribution is -0.148. The van der Waals surface area contributed by atoms with Crippen LogP contribution in [-0.4, -0.2) is 53.5 Å². The predicted octanol–water partition coefficient (Wildman–Crippen LogP) is 1.73. The highest BCUT2D eigenvalue weighted by Crippen LogP contribution is 2.24. The third kappa shape index (κ3) is 4.68. The first kappa shape index (κ1) is 19.6. The van der Waals surface area contributed by atoms with Crippen molar-refractivity contribution in [3.63, 3.8) is 0 Å². The van der Waals surface area contributed by atoms with Gasteiger partial charge in [-0.25, -0.2) is 0 Å².